The number of hydrogen-bond donors (Lipinski definition) is 0. The average Bonchev–Trinajstić information content (AvgIpc) is 3.59. The van der Waals surface area contributed by atoms with Crippen molar-refractivity contribution in [2.24, 2.45) is 0 Å². The van der Waals surface area contributed by atoms with Gasteiger partial charge in [-0.1, -0.05) is 170 Å². The Bertz CT molecular complexity index is 3130. The van der Waals surface area contributed by atoms with Gasteiger partial charge in [0.15, 0.2) is 0 Å². The predicted molar refractivity (Wildman–Crippen MR) is 218 cm³/mol. The highest BCUT2D eigenvalue weighted by molar-refractivity contribution is 6.27. The first-order chi connectivity index (χ1) is 25.3. The molecule has 1 aromatic heterocycles. The Morgan fingerprint density at radius 3 is 1.45 bits per heavy atom. The molecule has 0 N–H and O–H groups in total. The van der Waals surface area contributed by atoms with Crippen molar-refractivity contribution >= 4 is 75.8 Å². The predicted octanol–water partition coefficient (Wildman–Crippen LogP) is 14.4. The van der Waals surface area contributed by atoms with Gasteiger partial charge in [-0.25, -0.2) is 0 Å². The van der Waals surface area contributed by atoms with E-state index in [0.29, 0.717) is 0 Å². The van der Waals surface area contributed by atoms with Crippen molar-refractivity contribution in [2.75, 3.05) is 0 Å². The molecule has 51 heavy (non-hydrogen) atoms. The lowest BCUT2D eigenvalue weighted by atomic mass is 9.83. The zero-order valence-electron chi connectivity index (χ0n) is 27.7. The first-order valence-corrected chi connectivity index (χ1v) is 17.6. The summed E-state index contributed by atoms with van der Waals surface area (Å²) >= 11 is 0. The van der Waals surface area contributed by atoms with Crippen LogP contribution in [0.2, 0.25) is 0 Å². The molecule has 0 radical (unpaired) electrons. The van der Waals surface area contributed by atoms with Crippen molar-refractivity contribution in [1.29, 1.82) is 0 Å². The Hall–Kier alpha value is -6.70. The lowest BCUT2D eigenvalue weighted by molar-refractivity contribution is 0.673. The summed E-state index contributed by atoms with van der Waals surface area (Å²) in [6.45, 7) is 0. The van der Waals surface area contributed by atoms with Crippen LogP contribution in [-0.4, -0.2) is 0 Å². The van der Waals surface area contributed by atoms with Gasteiger partial charge in [-0.2, -0.15) is 0 Å². The number of hydrogen-bond acceptors (Lipinski definition) is 1. The lowest BCUT2D eigenvalue weighted by Gasteiger charge is -2.20. The average molecular weight is 647 g/mol. The monoisotopic (exact) mass is 646 g/mol. The fraction of sp³-hybridized carbons (Fsp3) is 0. The molecule has 1 heterocycles. The Morgan fingerprint density at radius 1 is 0.294 bits per heavy atom. The second-order valence-corrected chi connectivity index (χ2v) is 13.5. The third-order valence-electron chi connectivity index (χ3n) is 10.8. The third-order valence-corrected chi connectivity index (χ3v) is 10.8. The van der Waals surface area contributed by atoms with Gasteiger partial charge in [-0.05, 0) is 94.0 Å². The first kappa shape index (κ1) is 28.2. The van der Waals surface area contributed by atoms with Gasteiger partial charge in [0.2, 0.25) is 0 Å². The molecule has 0 atom stereocenters. The van der Waals surface area contributed by atoms with Crippen molar-refractivity contribution in [2.45, 2.75) is 0 Å². The summed E-state index contributed by atoms with van der Waals surface area (Å²) < 4.78 is 6.79. The smallest absolute Gasteiger partial charge is 0.143 e. The minimum absolute atomic E-state index is 0.914. The molecule has 0 saturated carbocycles. The molecule has 0 aliphatic rings. The van der Waals surface area contributed by atoms with E-state index in [1.807, 2.05) is 0 Å². The largest absolute Gasteiger partial charge is 0.455 e. The molecule has 236 valence electrons. The van der Waals surface area contributed by atoms with Crippen LogP contribution in [0.5, 0.6) is 0 Å². The maximum atomic E-state index is 6.79. The van der Waals surface area contributed by atoms with Crippen molar-refractivity contribution in [3.63, 3.8) is 0 Å². The standard InChI is InChI=1S/C50H30O/c1-2-15-32(16-3-1)47-39-22-10-12-24-41(39)48(42-25-13-11-23-40(42)47)43-29-28-37(34-18-6-7-19-35(34)43)45-30-46-49(38-21-9-8-20-36(38)45)44-27-26-31-14-4-5-17-33(31)50(44)51-46/h1-30H. The van der Waals surface area contributed by atoms with Crippen LogP contribution in [0.4, 0.5) is 0 Å². The molecule has 0 bridgehead atoms. The Morgan fingerprint density at radius 2 is 0.784 bits per heavy atom. The zero-order chi connectivity index (χ0) is 33.5. The van der Waals surface area contributed by atoms with Crippen LogP contribution in [0.15, 0.2) is 186 Å². The van der Waals surface area contributed by atoms with E-state index < -0.39 is 0 Å². The summed E-state index contributed by atoms with van der Waals surface area (Å²) in [6.07, 6.45) is 0. The molecule has 1 nitrogen and oxygen atoms in total. The fourth-order valence-electron chi connectivity index (χ4n) is 8.68. The van der Waals surface area contributed by atoms with Crippen LogP contribution in [0.3, 0.4) is 0 Å². The highest BCUT2D eigenvalue weighted by Gasteiger charge is 2.21. The molecule has 0 aliphatic carbocycles. The summed E-state index contributed by atoms with van der Waals surface area (Å²) in [7, 11) is 0. The van der Waals surface area contributed by atoms with Crippen LogP contribution in [0.1, 0.15) is 0 Å². The van der Waals surface area contributed by atoms with Crippen molar-refractivity contribution in [3.05, 3.63) is 182 Å². The normalized spacial score (nSPS) is 11.9. The Balaban J connectivity index is 1.22. The van der Waals surface area contributed by atoms with E-state index in [2.05, 4.69) is 182 Å². The van der Waals surface area contributed by atoms with E-state index in [1.54, 1.807) is 0 Å². The molecule has 0 saturated heterocycles. The van der Waals surface area contributed by atoms with Crippen LogP contribution >= 0.6 is 0 Å². The number of benzene rings is 10. The second kappa shape index (κ2) is 10.9. The van der Waals surface area contributed by atoms with Crippen LogP contribution < -0.4 is 0 Å². The lowest BCUT2D eigenvalue weighted by Crippen LogP contribution is -1.92. The minimum atomic E-state index is 0.914. The molecule has 0 spiro atoms. The van der Waals surface area contributed by atoms with Gasteiger partial charge in [0, 0.05) is 16.2 Å². The summed E-state index contributed by atoms with van der Waals surface area (Å²) in [5.41, 5.74) is 9.27. The summed E-state index contributed by atoms with van der Waals surface area (Å²) in [5.74, 6) is 0. The van der Waals surface area contributed by atoms with Crippen molar-refractivity contribution < 1.29 is 4.42 Å². The summed E-state index contributed by atoms with van der Waals surface area (Å²) in [6, 6.07) is 66.2. The van der Waals surface area contributed by atoms with E-state index in [4.69, 9.17) is 4.42 Å². The molecule has 10 aromatic carbocycles. The van der Waals surface area contributed by atoms with Gasteiger partial charge in [0.25, 0.3) is 0 Å². The van der Waals surface area contributed by atoms with Crippen LogP contribution in [0.25, 0.3) is 109 Å². The topological polar surface area (TPSA) is 13.1 Å². The van der Waals surface area contributed by atoms with Crippen LogP contribution in [0, 0.1) is 0 Å². The second-order valence-electron chi connectivity index (χ2n) is 13.5. The van der Waals surface area contributed by atoms with Gasteiger partial charge in [0.05, 0.1) is 0 Å². The van der Waals surface area contributed by atoms with Gasteiger partial charge >= 0.3 is 0 Å². The van der Waals surface area contributed by atoms with E-state index in [9.17, 15) is 0 Å². The molecular weight excluding hydrogens is 617 g/mol. The van der Waals surface area contributed by atoms with Gasteiger partial charge in [0.1, 0.15) is 11.2 Å². The molecule has 11 rings (SSSR count). The van der Waals surface area contributed by atoms with Gasteiger partial charge < -0.3 is 4.42 Å². The highest BCUT2D eigenvalue weighted by atomic mass is 16.3. The number of rotatable bonds is 3. The maximum Gasteiger partial charge on any atom is 0.143 e. The maximum absolute atomic E-state index is 6.79. The molecule has 1 heteroatoms. The molecule has 0 unspecified atom stereocenters. The first-order valence-electron chi connectivity index (χ1n) is 17.6. The quantitative estimate of drug-likeness (QED) is 0.174. The number of fused-ring (bicyclic) bond motifs is 10. The molecular formula is C50H30O. The van der Waals surface area contributed by atoms with Gasteiger partial charge in [-0.3, -0.25) is 0 Å². The van der Waals surface area contributed by atoms with E-state index in [0.717, 1.165) is 21.9 Å². The third kappa shape index (κ3) is 4.09. The van der Waals surface area contributed by atoms with E-state index in [-0.39, 0.29) is 0 Å². The molecule has 0 fully saturated rings. The molecule has 11 aromatic rings. The van der Waals surface area contributed by atoms with E-state index in [1.165, 1.54) is 87.2 Å². The highest BCUT2D eigenvalue weighted by Crippen LogP contribution is 2.48. The fourth-order valence-corrected chi connectivity index (χ4v) is 8.68. The van der Waals surface area contributed by atoms with E-state index >= 15 is 0 Å². The number of furan rings is 1. The van der Waals surface area contributed by atoms with Crippen LogP contribution in [-0.2, 0) is 0 Å². The summed E-state index contributed by atoms with van der Waals surface area (Å²) in [4.78, 5) is 0. The minimum Gasteiger partial charge on any atom is -0.455 e. The van der Waals surface area contributed by atoms with Gasteiger partial charge in [-0.15, -0.1) is 0 Å². The summed E-state index contributed by atoms with van der Waals surface area (Å²) in [5, 5.41) is 14.6. The van der Waals surface area contributed by atoms with Crippen molar-refractivity contribution in [1.82, 2.24) is 0 Å². The SMILES string of the molecule is c1ccc(-c2c3ccccc3c(-c3ccc(-c4cc5oc6c7ccccc7ccc6c5c5ccccc45)c4ccccc34)c3ccccc23)cc1. The Labute approximate surface area is 294 Å². The zero-order valence-corrected chi connectivity index (χ0v) is 27.7. The molecule has 0 aliphatic heterocycles. The Kier molecular flexibility index (Phi) is 6.02. The molecule has 0 amide bonds. The van der Waals surface area contributed by atoms with Crippen molar-refractivity contribution in [3.8, 4) is 33.4 Å².